The second-order valence-electron chi connectivity index (χ2n) is 6.51. The average Bonchev–Trinajstić information content (AvgIpc) is 2.85. The standard InChI is InChI=1S/C18H17N3/c1-18(2,3)14-11-12-7-4-5-8-13(12)16-15(14)17-19-9-6-10-21(17)20-16/h4-11H,1-3H3. The Kier molecular flexibility index (Phi) is 2.37. The van der Waals surface area contributed by atoms with Crippen LogP contribution in [0.4, 0.5) is 0 Å². The van der Waals surface area contributed by atoms with Crippen LogP contribution in [0.1, 0.15) is 26.3 Å². The number of benzene rings is 2. The molecule has 0 atom stereocenters. The molecule has 0 amide bonds. The molecule has 0 saturated carbocycles. The topological polar surface area (TPSA) is 30.2 Å². The number of fused-ring (bicyclic) bond motifs is 5. The molecule has 2 aromatic heterocycles. The summed E-state index contributed by atoms with van der Waals surface area (Å²) in [5.41, 5.74) is 3.31. The second-order valence-corrected chi connectivity index (χ2v) is 6.51. The first-order chi connectivity index (χ1) is 10.1. The highest BCUT2D eigenvalue weighted by Gasteiger charge is 2.22. The zero-order chi connectivity index (χ0) is 14.6. The summed E-state index contributed by atoms with van der Waals surface area (Å²) in [6, 6.07) is 12.6. The summed E-state index contributed by atoms with van der Waals surface area (Å²) in [7, 11) is 0. The van der Waals surface area contributed by atoms with E-state index in [1.165, 1.54) is 21.7 Å². The summed E-state index contributed by atoms with van der Waals surface area (Å²) < 4.78 is 1.88. The van der Waals surface area contributed by atoms with Crippen molar-refractivity contribution in [2.75, 3.05) is 0 Å². The summed E-state index contributed by atoms with van der Waals surface area (Å²) in [6.07, 6.45) is 3.79. The van der Waals surface area contributed by atoms with E-state index in [4.69, 9.17) is 5.10 Å². The Labute approximate surface area is 123 Å². The van der Waals surface area contributed by atoms with E-state index in [0.717, 1.165) is 11.2 Å². The van der Waals surface area contributed by atoms with Gasteiger partial charge in [-0.2, -0.15) is 5.10 Å². The van der Waals surface area contributed by atoms with Gasteiger partial charge in [0.2, 0.25) is 0 Å². The van der Waals surface area contributed by atoms with E-state index in [9.17, 15) is 0 Å². The van der Waals surface area contributed by atoms with E-state index in [1.54, 1.807) is 0 Å². The minimum absolute atomic E-state index is 0.0450. The van der Waals surface area contributed by atoms with Crippen molar-refractivity contribution in [2.24, 2.45) is 0 Å². The third-order valence-corrected chi connectivity index (χ3v) is 3.99. The molecule has 4 rings (SSSR count). The quantitative estimate of drug-likeness (QED) is 0.478. The first-order valence-electron chi connectivity index (χ1n) is 7.21. The van der Waals surface area contributed by atoms with E-state index in [2.05, 4.69) is 56.1 Å². The van der Waals surface area contributed by atoms with Crippen molar-refractivity contribution in [3.8, 4) is 0 Å². The Morgan fingerprint density at radius 1 is 1.05 bits per heavy atom. The molecule has 21 heavy (non-hydrogen) atoms. The zero-order valence-electron chi connectivity index (χ0n) is 12.5. The summed E-state index contributed by atoms with van der Waals surface area (Å²) in [5.74, 6) is 0. The lowest BCUT2D eigenvalue weighted by atomic mass is 9.83. The van der Waals surface area contributed by atoms with Crippen LogP contribution in [0.2, 0.25) is 0 Å². The van der Waals surface area contributed by atoms with Crippen LogP contribution in [0.15, 0.2) is 48.8 Å². The smallest absolute Gasteiger partial charge is 0.163 e. The highest BCUT2D eigenvalue weighted by atomic mass is 15.2. The van der Waals surface area contributed by atoms with E-state index in [0.29, 0.717) is 0 Å². The van der Waals surface area contributed by atoms with Crippen LogP contribution in [0, 0.1) is 0 Å². The highest BCUT2D eigenvalue weighted by Crippen LogP contribution is 2.36. The fourth-order valence-corrected chi connectivity index (χ4v) is 2.98. The van der Waals surface area contributed by atoms with Gasteiger partial charge in [-0.15, -0.1) is 0 Å². The predicted octanol–water partition coefficient (Wildman–Crippen LogP) is 4.33. The SMILES string of the molecule is CC(C)(C)c1cc2ccccc2c2nn3cccnc3c12. The average molecular weight is 275 g/mol. The minimum atomic E-state index is 0.0450. The molecule has 0 aliphatic carbocycles. The van der Waals surface area contributed by atoms with Crippen molar-refractivity contribution in [1.29, 1.82) is 0 Å². The van der Waals surface area contributed by atoms with Gasteiger partial charge in [0.25, 0.3) is 0 Å². The Bertz CT molecular complexity index is 974. The molecule has 104 valence electrons. The molecule has 0 unspecified atom stereocenters. The molecule has 0 aliphatic rings. The number of hydrogen-bond donors (Lipinski definition) is 0. The molecule has 2 heterocycles. The molecule has 0 N–H and O–H groups in total. The van der Waals surface area contributed by atoms with E-state index >= 15 is 0 Å². The molecular weight excluding hydrogens is 258 g/mol. The van der Waals surface area contributed by atoms with Gasteiger partial charge in [-0.1, -0.05) is 45.0 Å². The Morgan fingerprint density at radius 3 is 2.67 bits per heavy atom. The van der Waals surface area contributed by atoms with Crippen LogP contribution in [0.3, 0.4) is 0 Å². The fourth-order valence-electron chi connectivity index (χ4n) is 2.98. The van der Waals surface area contributed by atoms with Crippen molar-refractivity contribution in [2.45, 2.75) is 26.2 Å². The molecule has 0 bridgehead atoms. The van der Waals surface area contributed by atoms with E-state index < -0.39 is 0 Å². The van der Waals surface area contributed by atoms with Crippen molar-refractivity contribution in [3.63, 3.8) is 0 Å². The van der Waals surface area contributed by atoms with Gasteiger partial charge >= 0.3 is 0 Å². The molecule has 0 aliphatic heterocycles. The summed E-state index contributed by atoms with van der Waals surface area (Å²) >= 11 is 0. The molecule has 0 radical (unpaired) electrons. The van der Waals surface area contributed by atoms with Gasteiger partial charge in [-0.25, -0.2) is 9.50 Å². The molecule has 0 fully saturated rings. The Morgan fingerprint density at radius 2 is 1.86 bits per heavy atom. The Hall–Kier alpha value is -2.42. The van der Waals surface area contributed by atoms with Gasteiger partial charge in [-0.05, 0) is 28.5 Å². The summed E-state index contributed by atoms with van der Waals surface area (Å²) in [5, 5.41) is 8.36. The molecule has 4 aromatic rings. The van der Waals surface area contributed by atoms with Gasteiger partial charge in [0, 0.05) is 17.8 Å². The maximum absolute atomic E-state index is 4.77. The molecule has 3 heteroatoms. The van der Waals surface area contributed by atoms with Gasteiger partial charge < -0.3 is 0 Å². The lowest BCUT2D eigenvalue weighted by Gasteiger charge is -2.21. The monoisotopic (exact) mass is 275 g/mol. The lowest BCUT2D eigenvalue weighted by molar-refractivity contribution is 0.597. The highest BCUT2D eigenvalue weighted by molar-refractivity contribution is 6.11. The summed E-state index contributed by atoms with van der Waals surface area (Å²) in [6.45, 7) is 6.72. The van der Waals surface area contributed by atoms with Gasteiger partial charge in [0.1, 0.15) is 5.52 Å². The number of hydrogen-bond acceptors (Lipinski definition) is 2. The molecule has 0 spiro atoms. The third-order valence-electron chi connectivity index (χ3n) is 3.99. The number of aromatic nitrogens is 3. The van der Waals surface area contributed by atoms with Crippen LogP contribution in [0.25, 0.3) is 27.3 Å². The van der Waals surface area contributed by atoms with Crippen LogP contribution in [-0.2, 0) is 5.41 Å². The number of rotatable bonds is 0. The van der Waals surface area contributed by atoms with Crippen molar-refractivity contribution >= 4 is 27.3 Å². The number of nitrogens with zero attached hydrogens (tertiary/aromatic N) is 3. The first kappa shape index (κ1) is 12.3. The van der Waals surface area contributed by atoms with Crippen LogP contribution >= 0.6 is 0 Å². The molecule has 3 nitrogen and oxygen atoms in total. The molecule has 0 saturated heterocycles. The molecule has 2 aromatic carbocycles. The zero-order valence-corrected chi connectivity index (χ0v) is 12.5. The van der Waals surface area contributed by atoms with Gasteiger partial charge in [0.15, 0.2) is 5.65 Å². The van der Waals surface area contributed by atoms with Gasteiger partial charge in [0.05, 0.1) is 5.39 Å². The van der Waals surface area contributed by atoms with E-state index in [1.807, 2.05) is 23.0 Å². The van der Waals surface area contributed by atoms with Crippen LogP contribution in [0.5, 0.6) is 0 Å². The normalized spacial score (nSPS) is 12.5. The molecular formula is C18H17N3. The Balaban J connectivity index is 2.34. The lowest BCUT2D eigenvalue weighted by Crippen LogP contribution is -2.11. The third kappa shape index (κ3) is 1.74. The van der Waals surface area contributed by atoms with Crippen molar-refractivity contribution < 1.29 is 0 Å². The minimum Gasteiger partial charge on any atom is -0.236 e. The first-order valence-corrected chi connectivity index (χ1v) is 7.21. The van der Waals surface area contributed by atoms with Crippen LogP contribution in [-0.4, -0.2) is 14.6 Å². The van der Waals surface area contributed by atoms with Crippen molar-refractivity contribution in [3.05, 3.63) is 54.4 Å². The fraction of sp³-hybridized carbons (Fsp3) is 0.222. The largest absolute Gasteiger partial charge is 0.236 e. The maximum atomic E-state index is 4.77. The van der Waals surface area contributed by atoms with Gasteiger partial charge in [-0.3, -0.25) is 0 Å². The summed E-state index contributed by atoms with van der Waals surface area (Å²) in [4.78, 5) is 4.55. The van der Waals surface area contributed by atoms with Crippen LogP contribution < -0.4 is 0 Å². The predicted molar refractivity (Wildman–Crippen MR) is 86.7 cm³/mol. The van der Waals surface area contributed by atoms with Crippen molar-refractivity contribution in [1.82, 2.24) is 14.6 Å². The maximum Gasteiger partial charge on any atom is 0.163 e. The van der Waals surface area contributed by atoms with E-state index in [-0.39, 0.29) is 5.41 Å². The second kappa shape index (κ2) is 4.04.